The van der Waals surface area contributed by atoms with Crippen LogP contribution >= 0.6 is 0 Å². The van der Waals surface area contributed by atoms with E-state index < -0.39 is 0 Å². The maximum absolute atomic E-state index is 12.1. The van der Waals surface area contributed by atoms with E-state index in [4.69, 9.17) is 0 Å². The summed E-state index contributed by atoms with van der Waals surface area (Å²) in [5.74, 6) is 0.0610. The van der Waals surface area contributed by atoms with Gasteiger partial charge in [-0.2, -0.15) is 0 Å². The van der Waals surface area contributed by atoms with Crippen molar-refractivity contribution in [2.24, 2.45) is 0 Å². The Bertz CT molecular complexity index is 604. The quantitative estimate of drug-likeness (QED) is 0.870. The van der Waals surface area contributed by atoms with Crippen molar-refractivity contribution in [3.63, 3.8) is 0 Å². The summed E-state index contributed by atoms with van der Waals surface area (Å²) in [6.45, 7) is 2.11. The van der Waals surface area contributed by atoms with Crippen molar-refractivity contribution in [2.75, 3.05) is 0 Å². The molecule has 1 atom stereocenters. The lowest BCUT2D eigenvalue weighted by Gasteiger charge is -2.25. The van der Waals surface area contributed by atoms with E-state index in [9.17, 15) is 4.79 Å². The van der Waals surface area contributed by atoms with Gasteiger partial charge in [0.15, 0.2) is 0 Å². The lowest BCUT2D eigenvalue weighted by Crippen LogP contribution is -2.40. The SMILES string of the molecule is CCC1Cc2ccc(-c3ccccc3)cc2C(=O)N1. The fourth-order valence-corrected chi connectivity index (χ4v) is 2.60. The average molecular weight is 251 g/mol. The second kappa shape index (κ2) is 4.88. The summed E-state index contributed by atoms with van der Waals surface area (Å²) in [4.78, 5) is 12.1. The molecule has 2 aromatic carbocycles. The van der Waals surface area contributed by atoms with Crippen LogP contribution in [0.1, 0.15) is 29.3 Å². The zero-order chi connectivity index (χ0) is 13.2. The van der Waals surface area contributed by atoms with Gasteiger partial charge in [0.2, 0.25) is 0 Å². The normalized spacial score (nSPS) is 17.7. The van der Waals surface area contributed by atoms with Crippen LogP contribution in [0.4, 0.5) is 0 Å². The van der Waals surface area contributed by atoms with E-state index >= 15 is 0 Å². The monoisotopic (exact) mass is 251 g/mol. The molecule has 2 aromatic rings. The molecule has 19 heavy (non-hydrogen) atoms. The Labute approximate surface area is 113 Å². The molecule has 0 aliphatic carbocycles. The molecule has 0 radical (unpaired) electrons. The number of amides is 1. The van der Waals surface area contributed by atoms with Gasteiger partial charge in [-0.1, -0.05) is 49.4 Å². The van der Waals surface area contributed by atoms with Crippen molar-refractivity contribution in [1.82, 2.24) is 5.32 Å². The van der Waals surface area contributed by atoms with Crippen LogP contribution in [0, 0.1) is 0 Å². The highest BCUT2D eigenvalue weighted by atomic mass is 16.1. The minimum atomic E-state index is 0.0610. The van der Waals surface area contributed by atoms with E-state index in [1.165, 1.54) is 0 Å². The van der Waals surface area contributed by atoms with Crippen LogP contribution in [-0.4, -0.2) is 11.9 Å². The van der Waals surface area contributed by atoms with Gasteiger partial charge in [0.05, 0.1) is 0 Å². The number of hydrogen-bond acceptors (Lipinski definition) is 1. The van der Waals surface area contributed by atoms with Gasteiger partial charge in [-0.3, -0.25) is 4.79 Å². The lowest BCUT2D eigenvalue weighted by atomic mass is 9.91. The predicted octanol–water partition coefficient (Wildman–Crippen LogP) is 3.42. The summed E-state index contributed by atoms with van der Waals surface area (Å²) in [6, 6.07) is 16.7. The molecule has 0 aromatic heterocycles. The summed E-state index contributed by atoms with van der Waals surface area (Å²) in [5, 5.41) is 3.06. The van der Waals surface area contributed by atoms with Crippen molar-refractivity contribution in [3.05, 3.63) is 59.7 Å². The Morgan fingerprint density at radius 3 is 2.63 bits per heavy atom. The number of carbonyl (C=O) groups excluding carboxylic acids is 1. The largest absolute Gasteiger partial charge is 0.349 e. The summed E-state index contributed by atoms with van der Waals surface area (Å²) in [7, 11) is 0. The Kier molecular flexibility index (Phi) is 3.08. The maximum atomic E-state index is 12.1. The van der Waals surface area contributed by atoms with E-state index in [1.54, 1.807) is 0 Å². The highest BCUT2D eigenvalue weighted by Gasteiger charge is 2.23. The first-order chi connectivity index (χ1) is 9.28. The molecule has 1 aliphatic rings. The zero-order valence-electron chi connectivity index (χ0n) is 11.0. The summed E-state index contributed by atoms with van der Waals surface area (Å²) < 4.78 is 0. The molecule has 0 bridgehead atoms. The van der Waals surface area contributed by atoms with Crippen molar-refractivity contribution < 1.29 is 4.79 Å². The fraction of sp³-hybridized carbons (Fsp3) is 0.235. The van der Waals surface area contributed by atoms with Gasteiger partial charge in [0.25, 0.3) is 5.91 Å². The number of carbonyl (C=O) groups is 1. The van der Waals surface area contributed by atoms with Gasteiger partial charge in [-0.15, -0.1) is 0 Å². The van der Waals surface area contributed by atoms with Crippen LogP contribution < -0.4 is 5.32 Å². The van der Waals surface area contributed by atoms with Crippen molar-refractivity contribution in [1.29, 1.82) is 0 Å². The molecule has 1 amide bonds. The molecule has 0 saturated heterocycles. The van der Waals surface area contributed by atoms with Crippen LogP contribution in [0.15, 0.2) is 48.5 Å². The minimum Gasteiger partial charge on any atom is -0.349 e. The van der Waals surface area contributed by atoms with E-state index in [-0.39, 0.29) is 11.9 Å². The molecular weight excluding hydrogens is 234 g/mol. The molecular formula is C17H17NO. The third kappa shape index (κ3) is 2.26. The Hall–Kier alpha value is -2.09. The van der Waals surface area contributed by atoms with E-state index in [1.807, 2.05) is 24.3 Å². The van der Waals surface area contributed by atoms with E-state index in [0.717, 1.165) is 35.1 Å². The van der Waals surface area contributed by atoms with Crippen LogP contribution in [0.5, 0.6) is 0 Å². The summed E-state index contributed by atoms with van der Waals surface area (Å²) >= 11 is 0. The number of rotatable bonds is 2. The predicted molar refractivity (Wildman–Crippen MR) is 77.1 cm³/mol. The molecule has 2 heteroatoms. The molecule has 0 fully saturated rings. The van der Waals surface area contributed by atoms with Gasteiger partial charge in [0.1, 0.15) is 0 Å². The molecule has 1 N–H and O–H groups in total. The number of benzene rings is 2. The molecule has 1 unspecified atom stereocenters. The van der Waals surface area contributed by atoms with Crippen LogP contribution in [0.3, 0.4) is 0 Å². The first kappa shape index (κ1) is 12.0. The Balaban J connectivity index is 2.01. The van der Waals surface area contributed by atoms with Crippen LogP contribution in [0.25, 0.3) is 11.1 Å². The third-order valence-corrected chi connectivity index (χ3v) is 3.76. The third-order valence-electron chi connectivity index (χ3n) is 3.76. The molecule has 1 aliphatic heterocycles. The van der Waals surface area contributed by atoms with E-state index in [2.05, 4.69) is 36.5 Å². The first-order valence-corrected chi connectivity index (χ1v) is 6.77. The molecule has 0 saturated carbocycles. The molecule has 0 spiro atoms. The lowest BCUT2D eigenvalue weighted by molar-refractivity contribution is 0.0924. The van der Waals surface area contributed by atoms with Gasteiger partial charge in [0, 0.05) is 11.6 Å². The topological polar surface area (TPSA) is 29.1 Å². The molecule has 2 nitrogen and oxygen atoms in total. The number of nitrogens with one attached hydrogen (secondary N) is 1. The number of hydrogen-bond donors (Lipinski definition) is 1. The highest BCUT2D eigenvalue weighted by Crippen LogP contribution is 2.25. The number of fused-ring (bicyclic) bond motifs is 1. The first-order valence-electron chi connectivity index (χ1n) is 6.77. The van der Waals surface area contributed by atoms with Crippen LogP contribution in [-0.2, 0) is 6.42 Å². The second-order valence-corrected chi connectivity index (χ2v) is 5.02. The van der Waals surface area contributed by atoms with E-state index in [0.29, 0.717) is 0 Å². The van der Waals surface area contributed by atoms with Gasteiger partial charge in [-0.25, -0.2) is 0 Å². The maximum Gasteiger partial charge on any atom is 0.251 e. The minimum absolute atomic E-state index is 0.0610. The highest BCUT2D eigenvalue weighted by molar-refractivity contribution is 5.98. The average Bonchev–Trinajstić information content (AvgIpc) is 2.47. The van der Waals surface area contributed by atoms with Gasteiger partial charge < -0.3 is 5.32 Å². The fourth-order valence-electron chi connectivity index (χ4n) is 2.60. The van der Waals surface area contributed by atoms with Gasteiger partial charge >= 0.3 is 0 Å². The summed E-state index contributed by atoms with van der Waals surface area (Å²) in [6.07, 6.45) is 1.91. The molecule has 1 heterocycles. The Morgan fingerprint density at radius 2 is 1.89 bits per heavy atom. The Morgan fingerprint density at radius 1 is 1.11 bits per heavy atom. The van der Waals surface area contributed by atoms with Crippen molar-refractivity contribution in [3.8, 4) is 11.1 Å². The van der Waals surface area contributed by atoms with Crippen LogP contribution in [0.2, 0.25) is 0 Å². The van der Waals surface area contributed by atoms with Gasteiger partial charge in [-0.05, 0) is 35.6 Å². The zero-order valence-corrected chi connectivity index (χ0v) is 11.0. The second-order valence-electron chi connectivity index (χ2n) is 5.02. The standard InChI is InChI=1S/C17H17NO/c1-2-15-10-14-9-8-13(11-16(14)17(19)18-15)12-6-4-3-5-7-12/h3-9,11,15H,2,10H2,1H3,(H,18,19). The molecule has 3 rings (SSSR count). The smallest absolute Gasteiger partial charge is 0.251 e. The summed E-state index contributed by atoms with van der Waals surface area (Å²) in [5.41, 5.74) is 4.24. The van der Waals surface area contributed by atoms with Crippen molar-refractivity contribution in [2.45, 2.75) is 25.8 Å². The van der Waals surface area contributed by atoms with Crippen molar-refractivity contribution >= 4 is 5.91 Å². The molecule has 96 valence electrons.